The van der Waals surface area contributed by atoms with Gasteiger partial charge in [0.05, 0.1) is 6.07 Å². The average molecular weight is 402 g/mol. The molecule has 7 heteroatoms. The molecule has 0 aromatic heterocycles. The third-order valence-corrected chi connectivity index (χ3v) is 7.54. The summed E-state index contributed by atoms with van der Waals surface area (Å²) in [5.74, 6) is 1.16. The summed E-state index contributed by atoms with van der Waals surface area (Å²) < 4.78 is 4.97. The number of rotatable bonds is 7. The summed E-state index contributed by atoms with van der Waals surface area (Å²) >= 11 is 0. The first-order chi connectivity index (χ1) is 13.9. The summed E-state index contributed by atoms with van der Waals surface area (Å²) in [4.78, 5) is 36.4. The van der Waals surface area contributed by atoms with Crippen LogP contribution < -0.4 is 10.6 Å². The number of esters is 1. The van der Waals surface area contributed by atoms with Crippen molar-refractivity contribution in [2.24, 2.45) is 23.2 Å². The number of hydrogen-bond donors (Lipinski definition) is 2. The molecule has 0 atom stereocenters. The maximum Gasteiger partial charge on any atom is 0.325 e. The van der Waals surface area contributed by atoms with Crippen LogP contribution in [0.25, 0.3) is 0 Å². The number of carbonyl (C=O) groups excluding carboxylic acids is 3. The van der Waals surface area contributed by atoms with Crippen molar-refractivity contribution in [1.82, 2.24) is 10.6 Å². The van der Waals surface area contributed by atoms with E-state index in [1.165, 1.54) is 19.3 Å². The number of ether oxygens (including phenoxy) is 1. The number of nitrogens with one attached hydrogen (secondary N) is 2. The smallest absolute Gasteiger partial charge is 0.325 e. The molecule has 5 saturated carbocycles. The fourth-order valence-electron chi connectivity index (χ4n) is 6.82. The van der Waals surface area contributed by atoms with Gasteiger partial charge in [0.2, 0.25) is 5.91 Å². The highest BCUT2D eigenvalue weighted by Crippen LogP contribution is 2.61. The van der Waals surface area contributed by atoms with E-state index in [9.17, 15) is 19.6 Å². The van der Waals surface area contributed by atoms with Gasteiger partial charge in [-0.15, -0.1) is 0 Å². The SMILES string of the molecule is N#CC1(NC(=O)COC(=O)CNC(=O)CC23CC4CC(CC(C4)C2)C3)CCCC1. The van der Waals surface area contributed by atoms with E-state index in [-0.39, 0.29) is 17.9 Å². The van der Waals surface area contributed by atoms with Gasteiger partial charge >= 0.3 is 5.97 Å². The molecule has 0 aromatic rings. The van der Waals surface area contributed by atoms with Gasteiger partial charge in [0.1, 0.15) is 12.1 Å². The van der Waals surface area contributed by atoms with Crippen LogP contribution in [-0.2, 0) is 19.1 Å². The van der Waals surface area contributed by atoms with Gasteiger partial charge in [-0.05, 0) is 87.4 Å². The number of nitriles is 1. The van der Waals surface area contributed by atoms with Crippen molar-refractivity contribution in [3.63, 3.8) is 0 Å². The molecule has 158 valence electrons. The van der Waals surface area contributed by atoms with Crippen LogP contribution >= 0.6 is 0 Å². The number of nitrogens with zero attached hydrogens (tertiary/aromatic N) is 1. The highest BCUT2D eigenvalue weighted by molar-refractivity contribution is 5.84. The van der Waals surface area contributed by atoms with Crippen molar-refractivity contribution < 1.29 is 19.1 Å². The molecular formula is C22H31N3O4. The molecule has 0 aromatic carbocycles. The van der Waals surface area contributed by atoms with Crippen LogP contribution in [0, 0.1) is 34.5 Å². The fourth-order valence-corrected chi connectivity index (χ4v) is 6.82. The molecule has 0 aliphatic heterocycles. The lowest BCUT2D eigenvalue weighted by Gasteiger charge is -2.56. The van der Waals surface area contributed by atoms with Crippen LogP contribution in [0.4, 0.5) is 0 Å². The fraction of sp³-hybridized carbons (Fsp3) is 0.818. The molecule has 29 heavy (non-hydrogen) atoms. The molecule has 7 nitrogen and oxygen atoms in total. The minimum Gasteiger partial charge on any atom is -0.454 e. The van der Waals surface area contributed by atoms with Crippen molar-refractivity contribution in [2.75, 3.05) is 13.2 Å². The van der Waals surface area contributed by atoms with Gasteiger partial charge in [0, 0.05) is 6.42 Å². The summed E-state index contributed by atoms with van der Waals surface area (Å²) in [5, 5.41) is 14.6. The third kappa shape index (κ3) is 4.57. The molecule has 0 spiro atoms. The van der Waals surface area contributed by atoms with Crippen molar-refractivity contribution in [3.8, 4) is 6.07 Å². The Bertz CT molecular complexity index is 685. The van der Waals surface area contributed by atoms with E-state index in [1.54, 1.807) is 0 Å². The molecule has 0 heterocycles. The van der Waals surface area contributed by atoms with E-state index in [0.717, 1.165) is 49.9 Å². The quantitative estimate of drug-likeness (QED) is 0.636. The first kappa shape index (κ1) is 20.2. The minimum atomic E-state index is -0.824. The Morgan fingerprint density at radius 2 is 1.55 bits per heavy atom. The number of amides is 2. The first-order valence-electron chi connectivity index (χ1n) is 11.0. The molecule has 5 aliphatic rings. The molecule has 0 radical (unpaired) electrons. The van der Waals surface area contributed by atoms with E-state index in [0.29, 0.717) is 19.3 Å². The topological polar surface area (TPSA) is 108 Å². The van der Waals surface area contributed by atoms with Crippen LogP contribution in [0.15, 0.2) is 0 Å². The van der Waals surface area contributed by atoms with Gasteiger partial charge in [-0.25, -0.2) is 0 Å². The summed E-state index contributed by atoms with van der Waals surface area (Å²) in [6, 6.07) is 2.17. The lowest BCUT2D eigenvalue weighted by atomic mass is 9.49. The van der Waals surface area contributed by atoms with Gasteiger partial charge in [0.25, 0.3) is 5.91 Å². The van der Waals surface area contributed by atoms with Gasteiger partial charge < -0.3 is 15.4 Å². The zero-order chi connectivity index (χ0) is 20.5. The monoisotopic (exact) mass is 401 g/mol. The van der Waals surface area contributed by atoms with Crippen LogP contribution in [0.5, 0.6) is 0 Å². The molecule has 5 aliphatic carbocycles. The van der Waals surface area contributed by atoms with Crippen LogP contribution in [0.1, 0.15) is 70.6 Å². The maximum absolute atomic E-state index is 12.4. The predicted octanol–water partition coefficient (Wildman–Crippen LogP) is 2.20. The third-order valence-electron chi connectivity index (χ3n) is 7.54. The number of hydrogen-bond acceptors (Lipinski definition) is 5. The Morgan fingerprint density at radius 3 is 2.10 bits per heavy atom. The Morgan fingerprint density at radius 1 is 0.966 bits per heavy atom. The highest BCUT2D eigenvalue weighted by Gasteiger charge is 2.51. The standard InChI is InChI=1S/C22H31N3O4/c23-14-22(3-1-2-4-22)25-19(27)13-29-20(28)12-24-18(26)11-21-8-15-5-16(9-21)7-17(6-15)10-21/h15-17H,1-13H2,(H,24,26)(H,25,27). The molecule has 2 N–H and O–H groups in total. The summed E-state index contributed by atoms with van der Waals surface area (Å²) in [7, 11) is 0. The summed E-state index contributed by atoms with van der Waals surface area (Å²) in [5.41, 5.74) is -0.689. The van der Waals surface area contributed by atoms with Crippen molar-refractivity contribution in [3.05, 3.63) is 0 Å². The molecule has 5 fully saturated rings. The van der Waals surface area contributed by atoms with Crippen molar-refractivity contribution in [1.29, 1.82) is 5.26 Å². The Kier molecular flexibility index (Phi) is 5.54. The van der Waals surface area contributed by atoms with Crippen LogP contribution in [-0.4, -0.2) is 36.5 Å². The first-order valence-corrected chi connectivity index (χ1v) is 11.0. The molecule has 4 bridgehead atoms. The zero-order valence-electron chi connectivity index (χ0n) is 17.0. The second-order valence-corrected chi connectivity index (χ2v) is 9.98. The minimum absolute atomic E-state index is 0.0947. The Balaban J connectivity index is 1.17. The Labute approximate surface area is 171 Å². The van der Waals surface area contributed by atoms with E-state index in [1.807, 2.05) is 0 Å². The second kappa shape index (κ2) is 7.97. The average Bonchev–Trinajstić information content (AvgIpc) is 3.12. The largest absolute Gasteiger partial charge is 0.454 e. The van der Waals surface area contributed by atoms with Gasteiger partial charge in [-0.3, -0.25) is 14.4 Å². The molecule has 0 saturated heterocycles. The summed E-state index contributed by atoms with van der Waals surface area (Å²) in [6.45, 7) is -0.644. The van der Waals surface area contributed by atoms with Gasteiger partial charge in [0.15, 0.2) is 6.61 Å². The van der Waals surface area contributed by atoms with E-state index >= 15 is 0 Å². The van der Waals surface area contributed by atoms with Crippen molar-refractivity contribution >= 4 is 17.8 Å². The van der Waals surface area contributed by atoms with Crippen LogP contribution in [0.2, 0.25) is 0 Å². The van der Waals surface area contributed by atoms with Gasteiger partial charge in [-0.1, -0.05) is 0 Å². The molecular weight excluding hydrogens is 370 g/mol. The van der Waals surface area contributed by atoms with E-state index < -0.39 is 24.0 Å². The highest BCUT2D eigenvalue weighted by atomic mass is 16.5. The van der Waals surface area contributed by atoms with Gasteiger partial charge in [-0.2, -0.15) is 5.26 Å². The molecule has 5 rings (SSSR count). The van der Waals surface area contributed by atoms with E-state index in [4.69, 9.17) is 4.74 Å². The van der Waals surface area contributed by atoms with Crippen LogP contribution in [0.3, 0.4) is 0 Å². The second-order valence-electron chi connectivity index (χ2n) is 9.98. The maximum atomic E-state index is 12.4. The normalized spacial score (nSPS) is 33.7. The lowest BCUT2D eigenvalue weighted by Crippen LogP contribution is -2.48. The van der Waals surface area contributed by atoms with Crippen molar-refractivity contribution in [2.45, 2.75) is 76.2 Å². The van der Waals surface area contributed by atoms with E-state index in [2.05, 4.69) is 16.7 Å². The molecule has 0 unspecified atom stereocenters. The predicted molar refractivity (Wildman–Crippen MR) is 104 cm³/mol. The Hall–Kier alpha value is -2.10. The molecule has 2 amide bonds. The zero-order valence-corrected chi connectivity index (χ0v) is 17.0. The number of carbonyl (C=O) groups is 3. The lowest BCUT2D eigenvalue weighted by molar-refractivity contribution is -0.149. The summed E-state index contributed by atoms with van der Waals surface area (Å²) in [6.07, 6.45) is 11.0.